The van der Waals surface area contributed by atoms with Gasteiger partial charge in [-0.25, -0.2) is 15.0 Å². The van der Waals surface area contributed by atoms with Crippen molar-refractivity contribution in [1.29, 1.82) is 0 Å². The summed E-state index contributed by atoms with van der Waals surface area (Å²) in [7, 11) is 0. The third-order valence-electron chi connectivity index (χ3n) is 11.1. The Labute approximate surface area is 341 Å². The molecule has 276 valence electrons. The fourth-order valence-electron chi connectivity index (χ4n) is 8.09. The molecule has 11 aromatic rings. The van der Waals surface area contributed by atoms with E-state index in [0.717, 1.165) is 72.0 Å². The molecule has 0 bridgehead atoms. The summed E-state index contributed by atoms with van der Waals surface area (Å²) in [6.07, 6.45) is 0. The number of aromatic nitrogens is 3. The molecule has 4 nitrogen and oxygen atoms in total. The summed E-state index contributed by atoms with van der Waals surface area (Å²) in [5.74, 6) is 1.86. The van der Waals surface area contributed by atoms with Crippen molar-refractivity contribution in [2.24, 2.45) is 0 Å². The number of furan rings is 1. The van der Waals surface area contributed by atoms with E-state index in [0.29, 0.717) is 17.5 Å². The highest BCUT2D eigenvalue weighted by Gasteiger charge is 2.16. The van der Waals surface area contributed by atoms with Gasteiger partial charge >= 0.3 is 0 Å². The van der Waals surface area contributed by atoms with Crippen molar-refractivity contribution in [1.82, 2.24) is 15.0 Å². The van der Waals surface area contributed by atoms with E-state index in [1.807, 2.05) is 18.2 Å². The number of fused-ring (bicyclic) bond motifs is 4. The zero-order valence-corrected chi connectivity index (χ0v) is 32.0. The normalized spacial score (nSPS) is 11.4. The van der Waals surface area contributed by atoms with Gasteiger partial charge in [-0.1, -0.05) is 182 Å². The highest BCUT2D eigenvalue weighted by Crippen LogP contribution is 2.39. The molecule has 0 atom stereocenters. The minimum atomic E-state index is 0.615. The van der Waals surface area contributed by atoms with Gasteiger partial charge in [-0.15, -0.1) is 0 Å². The van der Waals surface area contributed by atoms with Crippen LogP contribution in [0, 0.1) is 0 Å². The third-order valence-corrected chi connectivity index (χ3v) is 11.1. The summed E-state index contributed by atoms with van der Waals surface area (Å²) in [5, 5.41) is 4.67. The summed E-state index contributed by atoms with van der Waals surface area (Å²) in [6, 6.07) is 74.1. The summed E-state index contributed by atoms with van der Waals surface area (Å²) >= 11 is 0. The van der Waals surface area contributed by atoms with Crippen LogP contribution in [0.4, 0.5) is 0 Å². The van der Waals surface area contributed by atoms with Crippen molar-refractivity contribution in [2.75, 3.05) is 0 Å². The first-order valence-electron chi connectivity index (χ1n) is 19.8. The number of hydrogen-bond donors (Lipinski definition) is 0. The average Bonchev–Trinajstić information content (AvgIpc) is 3.70. The van der Waals surface area contributed by atoms with Gasteiger partial charge in [0.1, 0.15) is 11.2 Å². The quantitative estimate of drug-likeness (QED) is 0.163. The number of benzene rings is 9. The van der Waals surface area contributed by atoms with Crippen LogP contribution in [0.3, 0.4) is 0 Å². The standard InChI is InChI=1S/C55H35N3O/c1-3-11-36(12-4-1)44-17-9-18-47(34-44)55-57-53(41-26-21-38(22-27-41)45-30-25-37-13-7-8-16-43(37)33-45)56-54(58-55)42-28-23-39(24-29-42)46-31-32-50-49(35-46)52-48(19-10-20-51(52)59-50)40-14-5-2-6-15-40/h1-35H. The fourth-order valence-corrected chi connectivity index (χ4v) is 8.09. The molecule has 0 fully saturated rings. The molecule has 0 unspecified atom stereocenters. The Morgan fingerprint density at radius 2 is 0.746 bits per heavy atom. The number of nitrogens with zero attached hydrogens (tertiary/aromatic N) is 3. The zero-order valence-electron chi connectivity index (χ0n) is 32.0. The lowest BCUT2D eigenvalue weighted by Crippen LogP contribution is -2.00. The molecule has 0 radical (unpaired) electrons. The average molecular weight is 754 g/mol. The van der Waals surface area contributed by atoms with Gasteiger partial charge in [-0.2, -0.15) is 0 Å². The maximum atomic E-state index is 6.33. The van der Waals surface area contributed by atoms with Crippen molar-refractivity contribution in [2.45, 2.75) is 0 Å². The Kier molecular flexibility index (Phi) is 8.45. The summed E-state index contributed by atoms with van der Waals surface area (Å²) in [6.45, 7) is 0. The topological polar surface area (TPSA) is 51.8 Å². The van der Waals surface area contributed by atoms with Gasteiger partial charge < -0.3 is 4.42 Å². The van der Waals surface area contributed by atoms with E-state index >= 15 is 0 Å². The van der Waals surface area contributed by atoms with Crippen molar-refractivity contribution in [3.63, 3.8) is 0 Å². The molecule has 2 aromatic heterocycles. The fraction of sp³-hybridized carbons (Fsp3) is 0. The van der Waals surface area contributed by atoms with Crippen LogP contribution in [-0.4, -0.2) is 15.0 Å². The van der Waals surface area contributed by atoms with E-state index in [4.69, 9.17) is 19.4 Å². The second-order valence-electron chi connectivity index (χ2n) is 14.8. The minimum absolute atomic E-state index is 0.615. The molecule has 0 N–H and O–H groups in total. The monoisotopic (exact) mass is 753 g/mol. The van der Waals surface area contributed by atoms with Crippen LogP contribution >= 0.6 is 0 Å². The lowest BCUT2D eigenvalue weighted by atomic mass is 9.97. The van der Waals surface area contributed by atoms with E-state index < -0.39 is 0 Å². The van der Waals surface area contributed by atoms with Crippen LogP contribution in [0.25, 0.3) is 111 Å². The molecule has 0 aliphatic rings. The predicted octanol–water partition coefficient (Wildman–Crippen LogP) is 14.6. The van der Waals surface area contributed by atoms with Crippen molar-refractivity contribution in [3.8, 4) is 78.7 Å². The van der Waals surface area contributed by atoms with Crippen LogP contribution in [-0.2, 0) is 0 Å². The van der Waals surface area contributed by atoms with Crippen molar-refractivity contribution >= 4 is 32.7 Å². The van der Waals surface area contributed by atoms with Gasteiger partial charge in [0.05, 0.1) is 0 Å². The van der Waals surface area contributed by atoms with E-state index in [9.17, 15) is 0 Å². The maximum absolute atomic E-state index is 6.33. The van der Waals surface area contributed by atoms with Gasteiger partial charge in [0.15, 0.2) is 17.5 Å². The first-order valence-corrected chi connectivity index (χ1v) is 19.8. The molecule has 0 aliphatic heterocycles. The smallest absolute Gasteiger partial charge is 0.164 e. The van der Waals surface area contributed by atoms with Gasteiger partial charge in [0.2, 0.25) is 0 Å². The lowest BCUT2D eigenvalue weighted by Gasteiger charge is -2.11. The largest absolute Gasteiger partial charge is 0.456 e. The summed E-state index contributed by atoms with van der Waals surface area (Å²) in [4.78, 5) is 15.3. The molecular formula is C55H35N3O. The highest BCUT2D eigenvalue weighted by molar-refractivity contribution is 6.13. The lowest BCUT2D eigenvalue weighted by molar-refractivity contribution is 0.669. The Morgan fingerprint density at radius 1 is 0.271 bits per heavy atom. The van der Waals surface area contributed by atoms with Crippen LogP contribution in [0.5, 0.6) is 0 Å². The van der Waals surface area contributed by atoms with Crippen molar-refractivity contribution < 1.29 is 4.42 Å². The molecular weight excluding hydrogens is 719 g/mol. The minimum Gasteiger partial charge on any atom is -0.456 e. The van der Waals surface area contributed by atoms with E-state index in [-0.39, 0.29) is 0 Å². The highest BCUT2D eigenvalue weighted by atomic mass is 16.3. The zero-order chi connectivity index (χ0) is 39.1. The van der Waals surface area contributed by atoms with E-state index in [1.54, 1.807) is 0 Å². The van der Waals surface area contributed by atoms with Gasteiger partial charge in [-0.05, 0) is 85.6 Å². The molecule has 2 heterocycles. The Hall–Kier alpha value is -7.95. The first-order chi connectivity index (χ1) is 29.2. The summed E-state index contributed by atoms with van der Waals surface area (Å²) in [5.41, 5.74) is 13.6. The van der Waals surface area contributed by atoms with Crippen LogP contribution in [0.15, 0.2) is 217 Å². The Balaban J connectivity index is 0.979. The Bertz CT molecular complexity index is 3300. The molecule has 0 saturated heterocycles. The molecule has 0 spiro atoms. The third kappa shape index (κ3) is 6.53. The molecule has 0 amide bonds. The molecule has 0 aliphatic carbocycles. The number of rotatable bonds is 7. The van der Waals surface area contributed by atoms with Crippen LogP contribution < -0.4 is 0 Å². The Morgan fingerprint density at radius 3 is 1.44 bits per heavy atom. The van der Waals surface area contributed by atoms with Crippen LogP contribution in [0.2, 0.25) is 0 Å². The summed E-state index contributed by atoms with van der Waals surface area (Å²) < 4.78 is 6.33. The predicted molar refractivity (Wildman–Crippen MR) is 243 cm³/mol. The number of hydrogen-bond acceptors (Lipinski definition) is 4. The first kappa shape index (κ1) is 34.3. The molecule has 59 heavy (non-hydrogen) atoms. The second kappa shape index (κ2) is 14.5. The molecule has 9 aromatic carbocycles. The van der Waals surface area contributed by atoms with Gasteiger partial charge in [0, 0.05) is 27.5 Å². The molecule has 11 rings (SSSR count). The second-order valence-corrected chi connectivity index (χ2v) is 14.8. The van der Waals surface area contributed by atoms with Gasteiger partial charge in [-0.3, -0.25) is 0 Å². The van der Waals surface area contributed by atoms with E-state index in [2.05, 4.69) is 194 Å². The maximum Gasteiger partial charge on any atom is 0.164 e. The SMILES string of the molecule is c1ccc(-c2cccc(-c3nc(-c4ccc(-c5ccc6ccccc6c5)cc4)nc(-c4ccc(-c5ccc6oc7cccc(-c8ccccc8)c7c6c5)cc4)n3)c2)cc1. The van der Waals surface area contributed by atoms with Gasteiger partial charge in [0.25, 0.3) is 0 Å². The molecule has 0 saturated carbocycles. The van der Waals surface area contributed by atoms with Crippen LogP contribution in [0.1, 0.15) is 0 Å². The molecule has 4 heteroatoms. The van der Waals surface area contributed by atoms with E-state index in [1.165, 1.54) is 21.9 Å². The van der Waals surface area contributed by atoms with Crippen molar-refractivity contribution in [3.05, 3.63) is 212 Å².